The van der Waals surface area contributed by atoms with Gasteiger partial charge >= 0.3 is 6.18 Å². The smallest absolute Gasteiger partial charge is 0.324 e. The summed E-state index contributed by atoms with van der Waals surface area (Å²) in [7, 11) is 0. The molecule has 1 atom stereocenters. The summed E-state index contributed by atoms with van der Waals surface area (Å²) in [5.74, 6) is -1.27. The highest BCUT2D eigenvalue weighted by molar-refractivity contribution is 5.33. The summed E-state index contributed by atoms with van der Waals surface area (Å²) in [5, 5.41) is 0. The number of rotatable bonds is 3. The van der Waals surface area contributed by atoms with Crippen LogP contribution in [0.3, 0.4) is 0 Å². The maximum atomic E-state index is 13.2. The van der Waals surface area contributed by atoms with Crippen LogP contribution in [0.1, 0.15) is 36.9 Å². The second kappa shape index (κ2) is 4.82. The summed E-state index contributed by atoms with van der Waals surface area (Å²) in [6.45, 7) is 1.81. The predicted octanol–water partition coefficient (Wildman–Crippen LogP) is 3.64. The van der Waals surface area contributed by atoms with E-state index in [-0.39, 0.29) is 5.56 Å². The molecule has 0 heterocycles. The van der Waals surface area contributed by atoms with E-state index in [1.807, 2.05) is 6.92 Å². The molecule has 0 aliphatic rings. The van der Waals surface area contributed by atoms with Gasteiger partial charge in [0.15, 0.2) is 0 Å². The van der Waals surface area contributed by atoms with Gasteiger partial charge in [0.1, 0.15) is 5.82 Å². The minimum atomic E-state index is -4.70. The van der Waals surface area contributed by atoms with Crippen LogP contribution in [0.2, 0.25) is 0 Å². The van der Waals surface area contributed by atoms with E-state index < -0.39 is 23.6 Å². The molecule has 0 unspecified atom stereocenters. The Labute approximate surface area is 91.3 Å². The summed E-state index contributed by atoms with van der Waals surface area (Å²) >= 11 is 0. The van der Waals surface area contributed by atoms with Crippen molar-refractivity contribution in [3.05, 3.63) is 35.1 Å². The Bertz CT molecular complexity index is 359. The maximum Gasteiger partial charge on any atom is 0.419 e. The van der Waals surface area contributed by atoms with Crippen molar-refractivity contribution in [2.75, 3.05) is 0 Å². The summed E-state index contributed by atoms with van der Waals surface area (Å²) in [5.41, 5.74) is 4.19. The van der Waals surface area contributed by atoms with Crippen LogP contribution in [-0.2, 0) is 6.18 Å². The predicted molar refractivity (Wildman–Crippen MR) is 53.2 cm³/mol. The Balaban J connectivity index is 3.23. The molecule has 0 fully saturated rings. The van der Waals surface area contributed by atoms with Gasteiger partial charge in [-0.15, -0.1) is 0 Å². The van der Waals surface area contributed by atoms with Gasteiger partial charge in [-0.1, -0.05) is 25.5 Å². The molecule has 0 saturated heterocycles. The second-order valence-corrected chi connectivity index (χ2v) is 3.60. The van der Waals surface area contributed by atoms with E-state index in [0.29, 0.717) is 12.8 Å². The SMILES string of the molecule is CCC[C@H](N)c1cccc(F)c1C(F)(F)F. The molecule has 5 heteroatoms. The van der Waals surface area contributed by atoms with Crippen molar-refractivity contribution in [2.24, 2.45) is 5.73 Å². The first-order valence-electron chi connectivity index (χ1n) is 4.99. The van der Waals surface area contributed by atoms with E-state index in [4.69, 9.17) is 5.73 Å². The Kier molecular flexibility index (Phi) is 3.91. The lowest BCUT2D eigenvalue weighted by molar-refractivity contribution is -0.140. The van der Waals surface area contributed by atoms with Crippen LogP contribution < -0.4 is 5.73 Å². The fourth-order valence-corrected chi connectivity index (χ4v) is 1.62. The van der Waals surface area contributed by atoms with E-state index in [0.717, 1.165) is 6.07 Å². The monoisotopic (exact) mass is 235 g/mol. The van der Waals surface area contributed by atoms with Gasteiger partial charge in [-0.25, -0.2) is 4.39 Å². The molecule has 0 amide bonds. The van der Waals surface area contributed by atoms with Gasteiger partial charge in [0.2, 0.25) is 0 Å². The van der Waals surface area contributed by atoms with E-state index in [9.17, 15) is 17.6 Å². The third-order valence-corrected chi connectivity index (χ3v) is 2.33. The molecule has 1 nitrogen and oxygen atoms in total. The average molecular weight is 235 g/mol. The van der Waals surface area contributed by atoms with Crippen LogP contribution in [0.15, 0.2) is 18.2 Å². The van der Waals surface area contributed by atoms with Gasteiger partial charge in [-0.3, -0.25) is 0 Å². The number of nitrogens with two attached hydrogens (primary N) is 1. The maximum absolute atomic E-state index is 13.2. The molecular formula is C11H13F4N. The van der Waals surface area contributed by atoms with Gasteiger partial charge in [0, 0.05) is 6.04 Å². The lowest BCUT2D eigenvalue weighted by Gasteiger charge is -2.18. The molecule has 0 aromatic heterocycles. The Morgan fingerprint density at radius 2 is 1.94 bits per heavy atom. The van der Waals surface area contributed by atoms with Crippen LogP contribution in [0.5, 0.6) is 0 Å². The van der Waals surface area contributed by atoms with Crippen LogP contribution >= 0.6 is 0 Å². The van der Waals surface area contributed by atoms with Gasteiger partial charge < -0.3 is 5.73 Å². The molecule has 0 spiro atoms. The molecule has 0 aliphatic carbocycles. The van der Waals surface area contributed by atoms with Crippen LogP contribution in [0, 0.1) is 5.82 Å². The Morgan fingerprint density at radius 3 is 2.44 bits per heavy atom. The molecule has 0 saturated carbocycles. The highest BCUT2D eigenvalue weighted by Gasteiger charge is 2.37. The standard InChI is InChI=1S/C11H13F4N/c1-2-4-9(16)7-5-3-6-8(12)10(7)11(13,14)15/h3,5-6,9H,2,4,16H2,1H3/t9-/m0/s1. The summed E-state index contributed by atoms with van der Waals surface area (Å²) < 4.78 is 51.0. The fraction of sp³-hybridized carbons (Fsp3) is 0.455. The zero-order valence-electron chi connectivity index (χ0n) is 8.81. The van der Waals surface area contributed by atoms with Crippen LogP contribution in [0.4, 0.5) is 17.6 Å². The van der Waals surface area contributed by atoms with Crippen LogP contribution in [-0.4, -0.2) is 0 Å². The minimum absolute atomic E-state index is 0.172. The minimum Gasteiger partial charge on any atom is -0.324 e. The van der Waals surface area contributed by atoms with E-state index in [1.165, 1.54) is 12.1 Å². The van der Waals surface area contributed by atoms with Crippen molar-refractivity contribution in [3.63, 3.8) is 0 Å². The molecule has 1 aromatic carbocycles. The summed E-state index contributed by atoms with van der Waals surface area (Å²) in [6.07, 6.45) is -3.66. The summed E-state index contributed by atoms with van der Waals surface area (Å²) in [6, 6.07) is 2.49. The van der Waals surface area contributed by atoms with Crippen molar-refractivity contribution >= 4 is 0 Å². The Hall–Kier alpha value is -1.10. The third-order valence-electron chi connectivity index (χ3n) is 2.33. The first-order valence-corrected chi connectivity index (χ1v) is 4.99. The van der Waals surface area contributed by atoms with Crippen LogP contribution in [0.25, 0.3) is 0 Å². The Morgan fingerprint density at radius 1 is 1.31 bits per heavy atom. The van der Waals surface area contributed by atoms with Crippen molar-refractivity contribution in [1.29, 1.82) is 0 Å². The van der Waals surface area contributed by atoms with Crippen molar-refractivity contribution < 1.29 is 17.6 Å². The molecule has 90 valence electrons. The molecule has 1 aromatic rings. The van der Waals surface area contributed by atoms with E-state index in [2.05, 4.69) is 0 Å². The normalized spacial score (nSPS) is 13.9. The topological polar surface area (TPSA) is 26.0 Å². The molecule has 16 heavy (non-hydrogen) atoms. The first kappa shape index (κ1) is 13.0. The average Bonchev–Trinajstić information content (AvgIpc) is 2.15. The van der Waals surface area contributed by atoms with Gasteiger partial charge in [-0.05, 0) is 18.1 Å². The third kappa shape index (κ3) is 2.72. The zero-order chi connectivity index (χ0) is 12.3. The lowest BCUT2D eigenvalue weighted by atomic mass is 9.97. The molecule has 2 N–H and O–H groups in total. The number of hydrogen-bond donors (Lipinski definition) is 1. The largest absolute Gasteiger partial charge is 0.419 e. The molecule has 0 radical (unpaired) electrons. The van der Waals surface area contributed by atoms with Crippen molar-refractivity contribution in [1.82, 2.24) is 0 Å². The quantitative estimate of drug-likeness (QED) is 0.795. The number of alkyl halides is 3. The molecule has 0 bridgehead atoms. The van der Waals surface area contributed by atoms with E-state index in [1.54, 1.807) is 0 Å². The fourth-order valence-electron chi connectivity index (χ4n) is 1.62. The molecular weight excluding hydrogens is 222 g/mol. The van der Waals surface area contributed by atoms with E-state index >= 15 is 0 Å². The van der Waals surface area contributed by atoms with Gasteiger partial charge in [0.25, 0.3) is 0 Å². The highest BCUT2D eigenvalue weighted by atomic mass is 19.4. The van der Waals surface area contributed by atoms with Gasteiger partial charge in [0.05, 0.1) is 5.56 Å². The number of hydrogen-bond acceptors (Lipinski definition) is 1. The summed E-state index contributed by atoms with van der Waals surface area (Å²) in [4.78, 5) is 0. The second-order valence-electron chi connectivity index (χ2n) is 3.60. The number of halogens is 4. The van der Waals surface area contributed by atoms with Crippen molar-refractivity contribution in [2.45, 2.75) is 32.0 Å². The molecule has 0 aliphatic heterocycles. The zero-order valence-corrected chi connectivity index (χ0v) is 8.81. The van der Waals surface area contributed by atoms with Crippen molar-refractivity contribution in [3.8, 4) is 0 Å². The molecule has 1 rings (SSSR count). The lowest BCUT2D eigenvalue weighted by Crippen LogP contribution is -2.19. The number of benzene rings is 1. The first-order chi connectivity index (χ1) is 7.38. The highest BCUT2D eigenvalue weighted by Crippen LogP contribution is 2.36. The van der Waals surface area contributed by atoms with Gasteiger partial charge in [-0.2, -0.15) is 13.2 Å².